The van der Waals surface area contributed by atoms with Crippen molar-refractivity contribution in [2.24, 2.45) is 11.8 Å². The van der Waals surface area contributed by atoms with E-state index in [1.165, 1.54) is 5.56 Å². The molecule has 0 aliphatic heterocycles. The van der Waals surface area contributed by atoms with Crippen LogP contribution < -0.4 is 5.32 Å². The third-order valence-corrected chi connectivity index (χ3v) is 11.5. The van der Waals surface area contributed by atoms with Crippen LogP contribution in [0.5, 0.6) is 0 Å². The second-order valence-corrected chi connectivity index (χ2v) is 14.7. The summed E-state index contributed by atoms with van der Waals surface area (Å²) >= 11 is 0. The first kappa shape index (κ1) is 23.0. The number of carboxylic acids is 1. The van der Waals surface area contributed by atoms with E-state index < -0.39 is 14.3 Å². The van der Waals surface area contributed by atoms with Gasteiger partial charge in [-0.25, -0.2) is 0 Å². The maximum Gasteiger partial charge on any atom is 0.306 e. The van der Waals surface area contributed by atoms with Crippen molar-refractivity contribution >= 4 is 20.0 Å². The molecule has 2 N–H and O–H groups in total. The van der Waals surface area contributed by atoms with E-state index in [4.69, 9.17) is 4.43 Å². The van der Waals surface area contributed by atoms with Gasteiger partial charge in [0.1, 0.15) is 0 Å². The van der Waals surface area contributed by atoms with Crippen LogP contribution in [-0.2, 0) is 9.22 Å². The third kappa shape index (κ3) is 6.08. The second-order valence-electron chi connectivity index (χ2n) is 9.90. The van der Waals surface area contributed by atoms with E-state index >= 15 is 0 Å². The average molecular weight is 406 g/mol. The number of carbonyl (C=O) groups is 1. The molecule has 1 fully saturated rings. The minimum Gasteiger partial charge on any atom is -0.481 e. The van der Waals surface area contributed by atoms with E-state index in [0.717, 1.165) is 44.5 Å². The molecule has 1 unspecified atom stereocenters. The van der Waals surface area contributed by atoms with Crippen LogP contribution in [0.3, 0.4) is 0 Å². The summed E-state index contributed by atoms with van der Waals surface area (Å²) in [4.78, 5) is 11.2. The van der Waals surface area contributed by atoms with E-state index in [9.17, 15) is 9.90 Å². The van der Waals surface area contributed by atoms with Crippen LogP contribution >= 0.6 is 0 Å². The number of anilines is 1. The number of carboxylic acid groups (broad SMARTS) is 1. The van der Waals surface area contributed by atoms with Crippen molar-refractivity contribution in [2.75, 3.05) is 18.5 Å². The molecule has 1 aromatic carbocycles. The maximum atomic E-state index is 11.2. The quantitative estimate of drug-likeness (QED) is 0.404. The summed E-state index contributed by atoms with van der Waals surface area (Å²) < 4.78 is 6.22. The van der Waals surface area contributed by atoms with E-state index in [0.29, 0.717) is 11.8 Å². The lowest BCUT2D eigenvalue weighted by molar-refractivity contribution is -0.143. The first-order chi connectivity index (χ1) is 13.0. The number of hydrogen-bond donors (Lipinski definition) is 2. The molecule has 0 saturated heterocycles. The zero-order chi connectivity index (χ0) is 20.9. The number of hydrogen-bond acceptors (Lipinski definition) is 3. The smallest absolute Gasteiger partial charge is 0.306 e. The number of benzene rings is 1. The van der Waals surface area contributed by atoms with E-state index in [2.05, 4.69) is 63.4 Å². The molecule has 0 amide bonds. The molecule has 28 heavy (non-hydrogen) atoms. The first-order valence-electron chi connectivity index (χ1n) is 10.7. The van der Waals surface area contributed by atoms with E-state index in [-0.39, 0.29) is 11.0 Å². The lowest BCUT2D eigenvalue weighted by atomic mass is 9.74. The summed E-state index contributed by atoms with van der Waals surface area (Å²) in [6.45, 7) is 14.8. The molecule has 5 heteroatoms. The van der Waals surface area contributed by atoms with Crippen LogP contribution in [0.4, 0.5) is 5.69 Å². The molecule has 0 spiro atoms. The minimum atomic E-state index is -1.67. The average Bonchev–Trinajstić information content (AvgIpc) is 2.64. The normalized spacial score (nSPS) is 21.9. The molecule has 0 heterocycles. The molecular formula is C23H39NO3Si. The fraction of sp³-hybridized carbons (Fsp3) is 0.696. The Morgan fingerprint density at radius 1 is 1.18 bits per heavy atom. The van der Waals surface area contributed by atoms with Crippen LogP contribution in [-0.4, -0.2) is 32.5 Å². The van der Waals surface area contributed by atoms with Gasteiger partial charge >= 0.3 is 5.97 Å². The Hall–Kier alpha value is -1.33. The SMILES string of the molecule is CC(C(=O)O)C1CCC(c2ccc(NCCO[Si](C)(C)C(C)(C)C)cc2)CC1. The third-order valence-electron chi connectivity index (χ3n) is 6.95. The Morgan fingerprint density at radius 3 is 2.25 bits per heavy atom. The highest BCUT2D eigenvalue weighted by atomic mass is 28.4. The van der Waals surface area contributed by atoms with Gasteiger partial charge in [0.05, 0.1) is 12.5 Å². The Bertz CT molecular complexity index is 628. The number of aliphatic carboxylic acids is 1. The fourth-order valence-electron chi connectivity index (χ4n) is 3.75. The van der Waals surface area contributed by atoms with Crippen LogP contribution in [0.25, 0.3) is 0 Å². The van der Waals surface area contributed by atoms with E-state index in [1.807, 2.05) is 6.92 Å². The topological polar surface area (TPSA) is 58.6 Å². The molecular weight excluding hydrogens is 366 g/mol. The zero-order valence-corrected chi connectivity index (χ0v) is 19.5. The fourth-order valence-corrected chi connectivity index (χ4v) is 4.79. The Kier molecular flexibility index (Phi) is 7.74. The standard InChI is InChI=1S/C23H39NO3Si/c1-17(22(25)26)18-7-9-19(10-8-18)20-11-13-21(14-12-20)24-15-16-27-28(5,6)23(2,3)4/h11-14,17-19,24H,7-10,15-16H2,1-6H3,(H,25,26). The molecule has 1 saturated carbocycles. The Balaban J connectivity index is 1.77. The van der Waals surface area contributed by atoms with Crippen LogP contribution in [0, 0.1) is 11.8 Å². The predicted molar refractivity (Wildman–Crippen MR) is 120 cm³/mol. The highest BCUT2D eigenvalue weighted by molar-refractivity contribution is 6.74. The second kappa shape index (κ2) is 9.44. The summed E-state index contributed by atoms with van der Waals surface area (Å²) in [5.74, 6) is 0.0151. The minimum absolute atomic E-state index is 0.221. The lowest BCUT2D eigenvalue weighted by Gasteiger charge is -2.36. The Morgan fingerprint density at radius 2 is 1.75 bits per heavy atom. The molecule has 1 aliphatic rings. The Labute approximate surface area is 172 Å². The molecule has 2 rings (SSSR count). The van der Waals surface area contributed by atoms with Gasteiger partial charge in [-0.15, -0.1) is 0 Å². The molecule has 1 aromatic rings. The molecule has 0 radical (unpaired) electrons. The molecule has 158 valence electrons. The van der Waals surface area contributed by atoms with Gasteiger partial charge in [-0.05, 0) is 73.3 Å². The van der Waals surface area contributed by atoms with Crippen molar-refractivity contribution in [3.63, 3.8) is 0 Å². The van der Waals surface area contributed by atoms with Crippen molar-refractivity contribution in [1.29, 1.82) is 0 Å². The largest absolute Gasteiger partial charge is 0.481 e. The van der Waals surface area contributed by atoms with Gasteiger partial charge in [0.2, 0.25) is 0 Å². The molecule has 0 bridgehead atoms. The maximum absolute atomic E-state index is 11.2. The molecule has 0 aromatic heterocycles. The highest BCUT2D eigenvalue weighted by Gasteiger charge is 2.36. The number of nitrogens with one attached hydrogen (secondary N) is 1. The van der Waals surface area contributed by atoms with Gasteiger partial charge < -0.3 is 14.8 Å². The lowest BCUT2D eigenvalue weighted by Crippen LogP contribution is -2.41. The number of rotatable bonds is 8. The highest BCUT2D eigenvalue weighted by Crippen LogP contribution is 2.39. The van der Waals surface area contributed by atoms with Crippen molar-refractivity contribution in [2.45, 2.75) is 77.4 Å². The van der Waals surface area contributed by atoms with Crippen LogP contribution in [0.2, 0.25) is 18.1 Å². The molecule has 4 nitrogen and oxygen atoms in total. The van der Waals surface area contributed by atoms with Gasteiger partial charge in [0, 0.05) is 12.2 Å². The molecule has 1 aliphatic carbocycles. The van der Waals surface area contributed by atoms with Crippen molar-refractivity contribution in [3.05, 3.63) is 29.8 Å². The first-order valence-corrected chi connectivity index (χ1v) is 13.6. The summed E-state index contributed by atoms with van der Waals surface area (Å²) in [7, 11) is -1.67. The summed E-state index contributed by atoms with van der Waals surface area (Å²) in [5.41, 5.74) is 2.51. The van der Waals surface area contributed by atoms with Gasteiger partial charge in [-0.2, -0.15) is 0 Å². The van der Waals surface area contributed by atoms with Crippen molar-refractivity contribution < 1.29 is 14.3 Å². The molecule has 1 atom stereocenters. The van der Waals surface area contributed by atoms with Gasteiger partial charge in [-0.3, -0.25) is 4.79 Å². The summed E-state index contributed by atoms with van der Waals surface area (Å²) in [6, 6.07) is 8.77. The monoisotopic (exact) mass is 405 g/mol. The summed E-state index contributed by atoms with van der Waals surface area (Å²) in [5, 5.41) is 12.9. The van der Waals surface area contributed by atoms with Crippen molar-refractivity contribution in [3.8, 4) is 0 Å². The van der Waals surface area contributed by atoms with Crippen molar-refractivity contribution in [1.82, 2.24) is 0 Å². The predicted octanol–water partition coefficient (Wildman–Crippen LogP) is 6.11. The van der Waals surface area contributed by atoms with Crippen LogP contribution in [0.15, 0.2) is 24.3 Å². The van der Waals surface area contributed by atoms with Crippen LogP contribution in [0.1, 0.15) is 64.9 Å². The van der Waals surface area contributed by atoms with Gasteiger partial charge in [0.15, 0.2) is 8.32 Å². The van der Waals surface area contributed by atoms with Gasteiger partial charge in [-0.1, -0.05) is 39.8 Å². The zero-order valence-electron chi connectivity index (χ0n) is 18.5. The summed E-state index contributed by atoms with van der Waals surface area (Å²) in [6.07, 6.45) is 4.22. The van der Waals surface area contributed by atoms with E-state index in [1.54, 1.807) is 0 Å². The van der Waals surface area contributed by atoms with Gasteiger partial charge in [0.25, 0.3) is 0 Å².